The second-order valence-corrected chi connectivity index (χ2v) is 5.08. The number of likely N-dealkylation sites (tertiary alicyclic amines) is 1. The number of rotatable bonds is 6. The van der Waals surface area contributed by atoms with Crippen molar-refractivity contribution in [3.05, 3.63) is 11.9 Å². The summed E-state index contributed by atoms with van der Waals surface area (Å²) < 4.78 is 1.22. The highest BCUT2D eigenvalue weighted by atomic mass is 16.4. The van der Waals surface area contributed by atoms with Gasteiger partial charge in [0.1, 0.15) is 6.54 Å². The Morgan fingerprint density at radius 2 is 2.15 bits per heavy atom. The third kappa shape index (κ3) is 4.02. The molecule has 2 rings (SSSR count). The molecule has 1 saturated heterocycles. The number of nitrogens with zero attached hydrogens (tertiary/aromatic N) is 4. The molecule has 0 aromatic carbocycles. The maximum atomic E-state index is 11.8. The van der Waals surface area contributed by atoms with Gasteiger partial charge in [0.25, 0.3) is 0 Å². The number of carbonyl (C=O) groups is 2. The normalized spacial score (nSPS) is 17.1. The molecule has 1 unspecified atom stereocenters. The Balaban J connectivity index is 1.77. The lowest BCUT2D eigenvalue weighted by atomic mass is 10.3. The van der Waals surface area contributed by atoms with Gasteiger partial charge >= 0.3 is 5.97 Å². The molecule has 0 saturated carbocycles. The molecule has 0 aliphatic carbocycles. The molecule has 1 aliphatic rings. The van der Waals surface area contributed by atoms with Crippen LogP contribution in [0.1, 0.15) is 30.3 Å². The van der Waals surface area contributed by atoms with Crippen molar-refractivity contribution in [2.45, 2.75) is 32.4 Å². The molecule has 1 fully saturated rings. The highest BCUT2D eigenvalue weighted by molar-refractivity contribution is 5.84. The number of hydrogen-bond donors (Lipinski definition) is 2. The molecule has 1 aromatic heterocycles. The van der Waals surface area contributed by atoms with Gasteiger partial charge in [-0.1, -0.05) is 5.21 Å². The molecule has 2 N–H and O–H groups in total. The van der Waals surface area contributed by atoms with Crippen molar-refractivity contribution in [1.82, 2.24) is 25.2 Å². The van der Waals surface area contributed by atoms with Gasteiger partial charge in [0.05, 0.1) is 6.20 Å². The summed E-state index contributed by atoms with van der Waals surface area (Å²) in [5.41, 5.74) is -0.164. The molecule has 20 heavy (non-hydrogen) atoms. The van der Waals surface area contributed by atoms with Crippen LogP contribution in [0.15, 0.2) is 6.20 Å². The van der Waals surface area contributed by atoms with E-state index in [-0.39, 0.29) is 24.2 Å². The van der Waals surface area contributed by atoms with Crippen molar-refractivity contribution in [1.29, 1.82) is 0 Å². The van der Waals surface area contributed by atoms with E-state index >= 15 is 0 Å². The first-order valence-electron chi connectivity index (χ1n) is 6.70. The van der Waals surface area contributed by atoms with Crippen LogP contribution in [0.25, 0.3) is 0 Å². The van der Waals surface area contributed by atoms with E-state index in [0.29, 0.717) is 0 Å². The minimum atomic E-state index is -1.15. The van der Waals surface area contributed by atoms with Crippen LogP contribution >= 0.6 is 0 Å². The van der Waals surface area contributed by atoms with Crippen LogP contribution < -0.4 is 5.32 Å². The first-order chi connectivity index (χ1) is 9.54. The van der Waals surface area contributed by atoms with Crippen molar-refractivity contribution >= 4 is 11.9 Å². The van der Waals surface area contributed by atoms with E-state index in [4.69, 9.17) is 5.11 Å². The first-order valence-corrected chi connectivity index (χ1v) is 6.70. The number of carbonyl (C=O) groups excluding carboxylic acids is 1. The summed E-state index contributed by atoms with van der Waals surface area (Å²) >= 11 is 0. The van der Waals surface area contributed by atoms with Gasteiger partial charge in [-0.15, -0.1) is 5.10 Å². The van der Waals surface area contributed by atoms with Crippen molar-refractivity contribution in [2.75, 3.05) is 19.6 Å². The fourth-order valence-electron chi connectivity index (χ4n) is 2.34. The SMILES string of the molecule is CC(CN1CCCC1)NC(=O)Cn1cc(C(=O)O)nn1. The van der Waals surface area contributed by atoms with Gasteiger partial charge in [0.2, 0.25) is 5.91 Å². The van der Waals surface area contributed by atoms with Gasteiger partial charge < -0.3 is 15.3 Å². The van der Waals surface area contributed by atoms with Gasteiger partial charge in [-0.25, -0.2) is 9.48 Å². The summed E-state index contributed by atoms with van der Waals surface area (Å²) in [6.45, 7) is 4.95. The summed E-state index contributed by atoms with van der Waals surface area (Å²) in [5.74, 6) is -1.35. The zero-order chi connectivity index (χ0) is 14.5. The van der Waals surface area contributed by atoms with Crippen molar-refractivity contribution in [3.63, 3.8) is 0 Å². The molecule has 8 nitrogen and oxygen atoms in total. The van der Waals surface area contributed by atoms with E-state index in [1.165, 1.54) is 23.7 Å². The lowest BCUT2D eigenvalue weighted by Crippen LogP contribution is -2.42. The van der Waals surface area contributed by atoms with Crippen molar-refractivity contribution in [2.24, 2.45) is 0 Å². The first kappa shape index (κ1) is 14.4. The van der Waals surface area contributed by atoms with E-state index < -0.39 is 5.97 Å². The molecule has 2 heterocycles. The van der Waals surface area contributed by atoms with Crippen molar-refractivity contribution < 1.29 is 14.7 Å². The van der Waals surface area contributed by atoms with E-state index in [1.54, 1.807) is 0 Å². The number of nitrogens with one attached hydrogen (secondary N) is 1. The zero-order valence-corrected chi connectivity index (χ0v) is 11.4. The Morgan fingerprint density at radius 3 is 2.75 bits per heavy atom. The molecule has 1 atom stereocenters. The van der Waals surface area contributed by atoms with Crippen LogP contribution in [0.3, 0.4) is 0 Å². The predicted molar refractivity (Wildman–Crippen MR) is 70.3 cm³/mol. The smallest absolute Gasteiger partial charge is 0.358 e. The van der Waals surface area contributed by atoms with E-state index in [9.17, 15) is 9.59 Å². The second-order valence-electron chi connectivity index (χ2n) is 5.08. The topological polar surface area (TPSA) is 100 Å². The second kappa shape index (κ2) is 6.47. The van der Waals surface area contributed by atoms with Crippen LogP contribution in [0.2, 0.25) is 0 Å². The molecule has 0 spiro atoms. The molecular formula is C12H19N5O3. The molecule has 1 amide bonds. The zero-order valence-electron chi connectivity index (χ0n) is 11.4. The van der Waals surface area contributed by atoms with Crippen molar-refractivity contribution in [3.8, 4) is 0 Å². The van der Waals surface area contributed by atoms with Gasteiger partial charge in [0.15, 0.2) is 5.69 Å². The molecular weight excluding hydrogens is 262 g/mol. The number of amides is 1. The summed E-state index contributed by atoms with van der Waals surface area (Å²) in [7, 11) is 0. The van der Waals surface area contributed by atoms with Crippen LogP contribution in [0.5, 0.6) is 0 Å². The van der Waals surface area contributed by atoms with E-state index in [0.717, 1.165) is 19.6 Å². The quantitative estimate of drug-likeness (QED) is 0.734. The Bertz CT molecular complexity index is 481. The minimum absolute atomic E-state index is 0.0232. The van der Waals surface area contributed by atoms with Gasteiger partial charge in [-0.2, -0.15) is 0 Å². The average Bonchev–Trinajstić information content (AvgIpc) is 2.99. The number of aromatic carboxylic acids is 1. The average molecular weight is 281 g/mol. The maximum Gasteiger partial charge on any atom is 0.358 e. The number of aromatic nitrogens is 3. The lowest BCUT2D eigenvalue weighted by Gasteiger charge is -2.21. The highest BCUT2D eigenvalue weighted by Crippen LogP contribution is 2.07. The summed E-state index contributed by atoms with van der Waals surface area (Å²) in [5, 5.41) is 18.7. The van der Waals surface area contributed by atoms with Crippen LogP contribution in [0, 0.1) is 0 Å². The molecule has 1 aliphatic heterocycles. The number of carboxylic acids is 1. The third-order valence-corrected chi connectivity index (χ3v) is 3.20. The van der Waals surface area contributed by atoms with E-state index in [1.807, 2.05) is 6.92 Å². The Labute approximate surface area is 116 Å². The molecule has 110 valence electrons. The molecule has 0 radical (unpaired) electrons. The monoisotopic (exact) mass is 281 g/mol. The Morgan fingerprint density at radius 1 is 1.45 bits per heavy atom. The number of hydrogen-bond acceptors (Lipinski definition) is 5. The summed E-state index contributed by atoms with van der Waals surface area (Å²) in [6.07, 6.45) is 3.68. The Kier molecular flexibility index (Phi) is 4.67. The Hall–Kier alpha value is -1.96. The largest absolute Gasteiger partial charge is 0.476 e. The van der Waals surface area contributed by atoms with Gasteiger partial charge in [-0.05, 0) is 32.9 Å². The van der Waals surface area contributed by atoms with Gasteiger partial charge in [0, 0.05) is 12.6 Å². The minimum Gasteiger partial charge on any atom is -0.476 e. The molecule has 8 heteroatoms. The molecule has 1 aromatic rings. The van der Waals surface area contributed by atoms with Crippen LogP contribution in [0.4, 0.5) is 0 Å². The van der Waals surface area contributed by atoms with Crippen LogP contribution in [-0.4, -0.2) is 62.6 Å². The standard InChI is InChI=1S/C12H19N5O3/c1-9(6-16-4-2-3-5-16)13-11(18)8-17-7-10(12(19)20)14-15-17/h7,9H,2-6,8H2,1H3,(H,13,18)(H,19,20). The highest BCUT2D eigenvalue weighted by Gasteiger charge is 2.16. The third-order valence-electron chi connectivity index (χ3n) is 3.20. The van der Waals surface area contributed by atoms with Gasteiger partial charge in [-0.3, -0.25) is 4.79 Å². The fraction of sp³-hybridized carbons (Fsp3) is 0.667. The predicted octanol–water partition coefficient (Wildman–Crippen LogP) is -0.423. The summed E-state index contributed by atoms with van der Waals surface area (Å²) in [4.78, 5) is 24.8. The number of carboxylic acid groups (broad SMARTS) is 1. The fourth-order valence-corrected chi connectivity index (χ4v) is 2.34. The maximum absolute atomic E-state index is 11.8. The van der Waals surface area contributed by atoms with E-state index in [2.05, 4.69) is 20.5 Å². The lowest BCUT2D eigenvalue weighted by molar-refractivity contribution is -0.122. The summed E-state index contributed by atoms with van der Waals surface area (Å²) in [6, 6.07) is 0.0584. The molecule has 0 bridgehead atoms. The van der Waals surface area contributed by atoms with Crippen LogP contribution in [-0.2, 0) is 11.3 Å².